The lowest BCUT2D eigenvalue weighted by Gasteiger charge is -2.35. The van der Waals surface area contributed by atoms with Crippen LogP contribution in [0.4, 0.5) is 24.5 Å². The maximum atomic E-state index is 14.1. The van der Waals surface area contributed by atoms with E-state index in [0.29, 0.717) is 17.4 Å². The van der Waals surface area contributed by atoms with E-state index < -0.39 is 17.6 Å². The molecule has 1 amide bonds. The highest BCUT2D eigenvalue weighted by Crippen LogP contribution is 2.35. The molecule has 9 nitrogen and oxygen atoms in total. The number of likely N-dealkylation sites (tertiary alicyclic amines) is 1. The zero-order valence-corrected chi connectivity index (χ0v) is 25.6. The number of aromatic nitrogens is 2. The van der Waals surface area contributed by atoms with E-state index in [2.05, 4.69) is 25.6 Å². The van der Waals surface area contributed by atoms with E-state index in [1.807, 2.05) is 35.0 Å². The van der Waals surface area contributed by atoms with Crippen LogP contribution in [0.5, 0.6) is 0 Å². The van der Waals surface area contributed by atoms with Crippen LogP contribution in [-0.2, 0) is 19.8 Å². The summed E-state index contributed by atoms with van der Waals surface area (Å²) in [5, 5.41) is 8.57. The lowest BCUT2D eigenvalue weighted by Crippen LogP contribution is -2.41. The highest BCUT2D eigenvalue weighted by Gasteiger charge is 2.34. The van der Waals surface area contributed by atoms with Gasteiger partial charge in [0, 0.05) is 55.4 Å². The number of carbonyl (C=O) groups excluding carboxylic acids is 1. The Morgan fingerprint density at radius 1 is 1.14 bits per heavy atom. The Morgan fingerprint density at radius 2 is 1.84 bits per heavy atom. The first kappa shape index (κ1) is 32.1. The van der Waals surface area contributed by atoms with Crippen LogP contribution < -0.4 is 21.5 Å². The van der Waals surface area contributed by atoms with Gasteiger partial charge in [-0.05, 0) is 89.3 Å². The molecule has 0 atom stereocenters. The molecule has 1 fully saturated rings. The quantitative estimate of drug-likeness (QED) is 0.307. The monoisotopic (exact) mass is 598 g/mol. The van der Waals surface area contributed by atoms with Crippen LogP contribution in [0.3, 0.4) is 0 Å². The number of nitrogens with two attached hydrogens (primary N) is 1. The number of amides is 1. The third-order valence-electron chi connectivity index (χ3n) is 8.14. The molecular weight excluding hydrogens is 557 g/mol. The minimum atomic E-state index is -4.55. The number of halogens is 3. The normalized spacial score (nSPS) is 15.3. The van der Waals surface area contributed by atoms with E-state index in [0.717, 1.165) is 48.8 Å². The molecule has 0 bridgehead atoms. The van der Waals surface area contributed by atoms with Crippen molar-refractivity contribution < 1.29 is 18.0 Å². The number of anilines is 2. The maximum Gasteiger partial charge on any atom is 0.416 e. The van der Waals surface area contributed by atoms with Gasteiger partial charge >= 0.3 is 6.18 Å². The van der Waals surface area contributed by atoms with Gasteiger partial charge in [0.1, 0.15) is 0 Å². The summed E-state index contributed by atoms with van der Waals surface area (Å²) in [6.07, 6.45) is 0.654. The first-order chi connectivity index (χ1) is 20.3. The number of nitrogens with zero attached hydrogens (tertiary/aromatic N) is 5. The molecule has 4 rings (SSSR count). The van der Waals surface area contributed by atoms with E-state index in [9.17, 15) is 18.0 Å². The van der Waals surface area contributed by atoms with E-state index in [-0.39, 0.29) is 23.4 Å². The van der Waals surface area contributed by atoms with Crippen LogP contribution in [0.25, 0.3) is 5.70 Å². The molecule has 0 radical (unpaired) electrons. The average molecular weight is 599 g/mol. The summed E-state index contributed by atoms with van der Waals surface area (Å²) in [5.74, 6) is -0.524. The Morgan fingerprint density at radius 3 is 2.42 bits per heavy atom. The Hall–Kier alpha value is -3.87. The minimum absolute atomic E-state index is 0.0798. The third kappa shape index (κ3) is 7.56. The summed E-state index contributed by atoms with van der Waals surface area (Å²) in [5.41, 5.74) is 12.9. The molecule has 1 saturated heterocycles. The molecule has 4 N–H and O–H groups in total. The van der Waals surface area contributed by atoms with Gasteiger partial charge < -0.3 is 16.0 Å². The van der Waals surface area contributed by atoms with Crippen LogP contribution >= 0.6 is 0 Å². The first-order valence-electron chi connectivity index (χ1n) is 14.2. The van der Waals surface area contributed by atoms with Gasteiger partial charge in [0.15, 0.2) is 0 Å². The number of nitrogens with one attached hydrogen (secondary N) is 2. The molecule has 12 heteroatoms. The third-order valence-corrected chi connectivity index (χ3v) is 8.14. The minimum Gasteiger partial charge on any atom is -0.397 e. The molecule has 0 unspecified atom stereocenters. The van der Waals surface area contributed by atoms with Crippen molar-refractivity contribution in [1.82, 2.24) is 25.0 Å². The smallest absolute Gasteiger partial charge is 0.397 e. The second-order valence-electron chi connectivity index (χ2n) is 11.2. The van der Waals surface area contributed by atoms with Gasteiger partial charge in [-0.2, -0.15) is 18.3 Å². The number of hydrazine groups is 1. The Labute approximate surface area is 251 Å². The Kier molecular flexibility index (Phi) is 9.83. The van der Waals surface area contributed by atoms with Gasteiger partial charge in [-0.25, -0.2) is 5.43 Å². The maximum absolute atomic E-state index is 14.1. The zero-order valence-electron chi connectivity index (χ0n) is 25.6. The van der Waals surface area contributed by atoms with E-state index in [1.165, 1.54) is 12.1 Å². The highest BCUT2D eigenvalue weighted by atomic mass is 19.4. The number of benzene rings is 2. The van der Waals surface area contributed by atoms with Crippen molar-refractivity contribution in [3.63, 3.8) is 0 Å². The zero-order chi connectivity index (χ0) is 31.5. The number of hydrogen-bond donors (Lipinski definition) is 3. The fraction of sp³-hybridized carbons (Fsp3) is 0.419. The van der Waals surface area contributed by atoms with Crippen molar-refractivity contribution in [2.45, 2.75) is 45.5 Å². The standard InChI is InChI=1S/C31H41F3N8O/c1-20-7-8-22(15-29(20)42(36-3)19-28(35)26-17-37-40(6)21(26)2)30(43)38-24-10-9-23(27(16-24)31(32,33)34)18-41-13-11-25(12-14-41)39(4)5/h7-10,15-17,19,25,36H,11-14,18,35H2,1-6H3,(H,38,43)/b28-19-. The number of aryl methyl sites for hydroxylation is 2. The second kappa shape index (κ2) is 13.2. The number of carbonyl (C=O) groups is 1. The number of hydrogen-bond acceptors (Lipinski definition) is 7. The van der Waals surface area contributed by atoms with Crippen molar-refractivity contribution in [2.75, 3.05) is 44.6 Å². The SMILES string of the molecule is CNN(/C=C(\N)c1cnn(C)c1C)c1cc(C(=O)Nc2ccc(CN3CCC(N(C)C)CC3)c(C(F)(F)F)c2)ccc1C. The van der Waals surface area contributed by atoms with Gasteiger partial charge in [-0.1, -0.05) is 12.1 Å². The van der Waals surface area contributed by atoms with E-state index in [1.54, 1.807) is 47.3 Å². The molecule has 43 heavy (non-hydrogen) atoms. The van der Waals surface area contributed by atoms with Crippen molar-refractivity contribution in [1.29, 1.82) is 0 Å². The predicted octanol–water partition coefficient (Wildman–Crippen LogP) is 4.73. The van der Waals surface area contributed by atoms with Crippen molar-refractivity contribution in [3.05, 3.63) is 82.3 Å². The molecule has 0 aliphatic carbocycles. The lowest BCUT2D eigenvalue weighted by atomic mass is 10.0. The van der Waals surface area contributed by atoms with E-state index in [4.69, 9.17) is 5.73 Å². The van der Waals surface area contributed by atoms with Crippen molar-refractivity contribution in [3.8, 4) is 0 Å². The van der Waals surface area contributed by atoms with Crippen LogP contribution in [0, 0.1) is 13.8 Å². The van der Waals surface area contributed by atoms with Crippen LogP contribution in [0.15, 0.2) is 48.8 Å². The average Bonchev–Trinajstić information content (AvgIpc) is 3.30. The topological polar surface area (TPSA) is 94.7 Å². The molecule has 1 aliphatic rings. The molecule has 0 spiro atoms. The van der Waals surface area contributed by atoms with Crippen molar-refractivity contribution >= 4 is 23.0 Å². The van der Waals surface area contributed by atoms with Gasteiger partial charge in [0.2, 0.25) is 0 Å². The van der Waals surface area contributed by atoms with Gasteiger partial charge in [-0.15, -0.1) is 0 Å². The number of alkyl halides is 3. The van der Waals surface area contributed by atoms with Crippen LogP contribution in [0.2, 0.25) is 0 Å². The largest absolute Gasteiger partial charge is 0.416 e. The molecule has 3 aromatic rings. The summed E-state index contributed by atoms with van der Waals surface area (Å²) in [6.45, 7) is 5.48. The Bertz CT molecular complexity index is 1470. The molecule has 0 saturated carbocycles. The first-order valence-corrected chi connectivity index (χ1v) is 14.2. The van der Waals surface area contributed by atoms with Gasteiger partial charge in [0.25, 0.3) is 5.91 Å². The number of piperidine rings is 1. The van der Waals surface area contributed by atoms with Crippen LogP contribution in [0.1, 0.15) is 51.1 Å². The fourth-order valence-corrected chi connectivity index (χ4v) is 5.35. The summed E-state index contributed by atoms with van der Waals surface area (Å²) in [7, 11) is 7.60. The van der Waals surface area contributed by atoms with Crippen molar-refractivity contribution in [2.24, 2.45) is 12.8 Å². The summed E-state index contributed by atoms with van der Waals surface area (Å²) in [6, 6.07) is 9.54. The lowest BCUT2D eigenvalue weighted by molar-refractivity contribution is -0.138. The highest BCUT2D eigenvalue weighted by molar-refractivity contribution is 6.05. The summed E-state index contributed by atoms with van der Waals surface area (Å²) in [4.78, 5) is 17.5. The molecule has 2 heterocycles. The van der Waals surface area contributed by atoms with Crippen LogP contribution in [-0.4, -0.2) is 65.8 Å². The second-order valence-corrected chi connectivity index (χ2v) is 11.2. The predicted molar refractivity (Wildman–Crippen MR) is 164 cm³/mol. The fourth-order valence-electron chi connectivity index (χ4n) is 5.35. The van der Waals surface area contributed by atoms with Gasteiger partial charge in [0.05, 0.1) is 23.1 Å². The summed E-state index contributed by atoms with van der Waals surface area (Å²) < 4.78 is 44.1. The Balaban J connectivity index is 1.53. The molecule has 1 aliphatic heterocycles. The number of rotatable bonds is 9. The van der Waals surface area contributed by atoms with Gasteiger partial charge in [-0.3, -0.25) is 19.4 Å². The summed E-state index contributed by atoms with van der Waals surface area (Å²) >= 11 is 0. The molecule has 232 valence electrons. The van der Waals surface area contributed by atoms with E-state index >= 15 is 0 Å². The molecule has 2 aromatic carbocycles. The molecule has 1 aromatic heterocycles. The molecular formula is C31H41F3N8O.